The zero-order chi connectivity index (χ0) is 24.4. The SMILES string of the molecule is CCCS(=O)(=O)N1CCN(C2(C(C)CC(=O)c3c(F)cccc3F)CCC(F)(F)CC2)CC1. The van der Waals surface area contributed by atoms with E-state index in [1.807, 2.05) is 4.90 Å². The van der Waals surface area contributed by atoms with Crippen molar-refractivity contribution in [2.75, 3.05) is 31.9 Å². The lowest BCUT2D eigenvalue weighted by molar-refractivity contribution is -0.103. The Labute approximate surface area is 193 Å². The molecule has 1 aromatic rings. The summed E-state index contributed by atoms with van der Waals surface area (Å²) in [5, 5.41) is 0. The van der Waals surface area contributed by atoms with E-state index in [1.165, 1.54) is 10.4 Å². The number of benzene rings is 1. The van der Waals surface area contributed by atoms with E-state index < -0.39 is 50.4 Å². The second-order valence-electron chi connectivity index (χ2n) is 9.29. The normalized spacial score (nSPS) is 22.7. The molecule has 1 aliphatic heterocycles. The number of rotatable bonds is 8. The molecule has 1 unspecified atom stereocenters. The van der Waals surface area contributed by atoms with E-state index in [-0.39, 0.29) is 50.9 Å². The molecule has 3 rings (SSSR count). The second-order valence-corrected chi connectivity index (χ2v) is 11.4. The Kier molecular flexibility index (Phi) is 7.90. The first kappa shape index (κ1) is 26.1. The Morgan fingerprint density at radius 2 is 1.58 bits per heavy atom. The number of sulfonamides is 1. The van der Waals surface area contributed by atoms with Crippen molar-refractivity contribution in [3.8, 4) is 0 Å². The van der Waals surface area contributed by atoms with Crippen LogP contribution < -0.4 is 0 Å². The Balaban J connectivity index is 1.81. The van der Waals surface area contributed by atoms with E-state index >= 15 is 0 Å². The fourth-order valence-electron chi connectivity index (χ4n) is 5.30. The first-order valence-electron chi connectivity index (χ1n) is 11.5. The van der Waals surface area contributed by atoms with Crippen LogP contribution in [-0.4, -0.2) is 66.8 Å². The highest BCUT2D eigenvalue weighted by Crippen LogP contribution is 2.47. The summed E-state index contributed by atoms with van der Waals surface area (Å²) in [6.07, 6.45) is -0.0845. The number of ketones is 1. The minimum Gasteiger partial charge on any atom is -0.295 e. The summed E-state index contributed by atoms with van der Waals surface area (Å²) in [5.41, 5.74) is -1.37. The Bertz CT molecular complexity index is 932. The number of piperazine rings is 1. The monoisotopic (exact) mass is 492 g/mol. The van der Waals surface area contributed by atoms with Crippen LogP contribution in [0.1, 0.15) is 62.7 Å². The smallest absolute Gasteiger partial charge is 0.248 e. The third-order valence-corrected chi connectivity index (χ3v) is 9.30. The summed E-state index contributed by atoms with van der Waals surface area (Å²) in [4.78, 5) is 14.8. The predicted molar refractivity (Wildman–Crippen MR) is 118 cm³/mol. The van der Waals surface area contributed by atoms with Crippen molar-refractivity contribution >= 4 is 15.8 Å². The van der Waals surface area contributed by atoms with Crippen LogP contribution in [0.25, 0.3) is 0 Å². The molecule has 0 N–H and O–H groups in total. The number of carbonyl (C=O) groups is 1. The van der Waals surface area contributed by atoms with Gasteiger partial charge in [-0.3, -0.25) is 9.69 Å². The fourth-order valence-corrected chi connectivity index (χ4v) is 6.80. The third-order valence-electron chi connectivity index (χ3n) is 7.22. The third kappa shape index (κ3) is 5.59. The summed E-state index contributed by atoms with van der Waals surface area (Å²) in [7, 11) is -3.36. The number of halogens is 4. The van der Waals surface area contributed by atoms with Crippen LogP contribution in [0.2, 0.25) is 0 Å². The zero-order valence-corrected chi connectivity index (χ0v) is 19.9. The lowest BCUT2D eigenvalue weighted by Crippen LogP contribution is -2.62. The molecule has 0 amide bonds. The van der Waals surface area contributed by atoms with Crippen molar-refractivity contribution < 1.29 is 30.8 Å². The molecule has 0 aromatic heterocycles. The van der Waals surface area contributed by atoms with Gasteiger partial charge in [0.15, 0.2) is 5.78 Å². The van der Waals surface area contributed by atoms with Crippen LogP contribution >= 0.6 is 0 Å². The van der Waals surface area contributed by atoms with Crippen LogP contribution in [0.3, 0.4) is 0 Å². The lowest BCUT2D eigenvalue weighted by Gasteiger charge is -2.53. The maximum Gasteiger partial charge on any atom is 0.248 e. The highest BCUT2D eigenvalue weighted by molar-refractivity contribution is 7.89. The molecular formula is C23H32F4N2O3S. The Morgan fingerprint density at radius 3 is 2.09 bits per heavy atom. The van der Waals surface area contributed by atoms with Crippen LogP contribution in [0.5, 0.6) is 0 Å². The molecule has 1 aromatic carbocycles. The molecule has 2 aliphatic rings. The quantitative estimate of drug-likeness (QED) is 0.397. The van der Waals surface area contributed by atoms with Gasteiger partial charge in [-0.15, -0.1) is 0 Å². The highest BCUT2D eigenvalue weighted by atomic mass is 32.2. The van der Waals surface area contributed by atoms with Gasteiger partial charge >= 0.3 is 0 Å². The standard InChI is InChI=1S/C23H32F4N2O3S/c1-3-15-33(31,32)29-13-11-28(12-14-29)22(7-9-23(26,27)10-8-22)17(2)16-20(30)21-18(24)5-4-6-19(21)25/h4-6,17H,3,7-16H2,1-2H3. The van der Waals surface area contributed by atoms with Gasteiger partial charge in [0.25, 0.3) is 0 Å². The molecule has 1 aliphatic carbocycles. The zero-order valence-electron chi connectivity index (χ0n) is 19.1. The van der Waals surface area contributed by atoms with E-state index in [0.717, 1.165) is 12.1 Å². The van der Waals surface area contributed by atoms with Crippen molar-refractivity contribution in [1.82, 2.24) is 9.21 Å². The number of hydrogen-bond donors (Lipinski definition) is 0. The Morgan fingerprint density at radius 1 is 1.03 bits per heavy atom. The molecule has 10 heteroatoms. The van der Waals surface area contributed by atoms with E-state index in [9.17, 15) is 30.8 Å². The van der Waals surface area contributed by atoms with Gasteiger partial charge in [0, 0.05) is 51.0 Å². The van der Waals surface area contributed by atoms with Crippen molar-refractivity contribution in [3.63, 3.8) is 0 Å². The van der Waals surface area contributed by atoms with Gasteiger partial charge in [0.1, 0.15) is 11.6 Å². The number of nitrogens with zero attached hydrogens (tertiary/aromatic N) is 2. The summed E-state index contributed by atoms with van der Waals surface area (Å²) >= 11 is 0. The second kappa shape index (κ2) is 10.00. The number of alkyl halides is 2. The number of carbonyl (C=O) groups excluding carboxylic acids is 1. The molecular weight excluding hydrogens is 460 g/mol. The maximum absolute atomic E-state index is 14.1. The van der Waals surface area contributed by atoms with Crippen LogP contribution in [-0.2, 0) is 10.0 Å². The number of Topliss-reactive ketones (excluding diaryl/α,β-unsaturated/α-hetero) is 1. The Hall–Kier alpha value is -1.52. The molecule has 1 atom stereocenters. The predicted octanol–water partition coefficient (Wildman–Crippen LogP) is 4.48. The molecule has 2 fully saturated rings. The summed E-state index contributed by atoms with van der Waals surface area (Å²) in [5.74, 6) is -5.75. The molecule has 1 saturated heterocycles. The largest absolute Gasteiger partial charge is 0.295 e. The van der Waals surface area contributed by atoms with E-state index in [2.05, 4.69) is 0 Å². The highest BCUT2D eigenvalue weighted by Gasteiger charge is 2.50. The first-order chi connectivity index (χ1) is 15.4. The van der Waals surface area contributed by atoms with Crippen molar-refractivity contribution in [2.24, 2.45) is 5.92 Å². The van der Waals surface area contributed by atoms with Gasteiger partial charge in [-0.1, -0.05) is 19.9 Å². The molecule has 1 heterocycles. The molecule has 33 heavy (non-hydrogen) atoms. The maximum atomic E-state index is 14.1. The van der Waals surface area contributed by atoms with Gasteiger partial charge in [-0.05, 0) is 37.3 Å². The fraction of sp³-hybridized carbons (Fsp3) is 0.696. The van der Waals surface area contributed by atoms with Crippen molar-refractivity contribution in [3.05, 3.63) is 35.4 Å². The average molecular weight is 493 g/mol. The van der Waals surface area contributed by atoms with Crippen LogP contribution in [0, 0.1) is 17.6 Å². The number of hydrogen-bond acceptors (Lipinski definition) is 4. The molecule has 0 radical (unpaired) electrons. The average Bonchev–Trinajstić information content (AvgIpc) is 2.74. The van der Waals surface area contributed by atoms with Gasteiger partial charge in [-0.2, -0.15) is 4.31 Å². The van der Waals surface area contributed by atoms with E-state index in [4.69, 9.17) is 0 Å². The van der Waals surface area contributed by atoms with Crippen LogP contribution in [0.4, 0.5) is 17.6 Å². The van der Waals surface area contributed by atoms with Crippen molar-refractivity contribution in [2.45, 2.75) is 63.8 Å². The van der Waals surface area contributed by atoms with Gasteiger partial charge in [0.05, 0.1) is 11.3 Å². The van der Waals surface area contributed by atoms with Crippen LogP contribution in [0.15, 0.2) is 18.2 Å². The minimum absolute atomic E-state index is 0.0590. The van der Waals surface area contributed by atoms with Gasteiger partial charge < -0.3 is 0 Å². The lowest BCUT2D eigenvalue weighted by atomic mass is 9.69. The molecule has 0 spiro atoms. The molecule has 0 bridgehead atoms. The molecule has 186 valence electrons. The van der Waals surface area contributed by atoms with Crippen molar-refractivity contribution in [1.29, 1.82) is 0 Å². The van der Waals surface area contributed by atoms with E-state index in [0.29, 0.717) is 19.5 Å². The molecule has 5 nitrogen and oxygen atoms in total. The molecule has 1 saturated carbocycles. The summed E-state index contributed by atoms with van der Waals surface area (Å²) < 4.78 is 82.6. The van der Waals surface area contributed by atoms with E-state index in [1.54, 1.807) is 13.8 Å². The van der Waals surface area contributed by atoms with Gasteiger partial charge in [0.2, 0.25) is 15.9 Å². The first-order valence-corrected chi connectivity index (χ1v) is 13.1. The minimum atomic E-state index is -3.36. The topological polar surface area (TPSA) is 57.7 Å². The summed E-state index contributed by atoms with van der Waals surface area (Å²) in [6.45, 7) is 4.79. The summed E-state index contributed by atoms with van der Waals surface area (Å²) in [6, 6.07) is 3.23. The van der Waals surface area contributed by atoms with Gasteiger partial charge in [-0.25, -0.2) is 26.0 Å².